The lowest BCUT2D eigenvalue weighted by molar-refractivity contribution is 0.0702. The number of amides is 2. The summed E-state index contributed by atoms with van der Waals surface area (Å²) >= 11 is 1.47. The maximum atomic E-state index is 13.3. The Bertz CT molecular complexity index is 1150. The molecule has 31 heavy (non-hydrogen) atoms. The molecule has 2 amide bonds. The number of rotatable bonds is 4. The molecule has 0 radical (unpaired) electrons. The Balaban J connectivity index is 1.44. The summed E-state index contributed by atoms with van der Waals surface area (Å²) in [7, 11) is 0. The van der Waals surface area contributed by atoms with Crippen molar-refractivity contribution in [2.45, 2.75) is 53.0 Å². The lowest BCUT2D eigenvalue weighted by Crippen LogP contribution is -2.46. The Hall–Kier alpha value is -2.80. The minimum absolute atomic E-state index is 0.0380. The van der Waals surface area contributed by atoms with Gasteiger partial charge in [-0.3, -0.25) is 9.59 Å². The Labute approximate surface area is 186 Å². The van der Waals surface area contributed by atoms with Crippen molar-refractivity contribution in [3.05, 3.63) is 57.4 Å². The third-order valence-electron chi connectivity index (χ3n) is 6.03. The monoisotopic (exact) mass is 436 g/mol. The third kappa shape index (κ3) is 4.19. The van der Waals surface area contributed by atoms with Gasteiger partial charge in [0.15, 0.2) is 0 Å². The van der Waals surface area contributed by atoms with Crippen LogP contribution in [0.1, 0.15) is 62.4 Å². The predicted octanol–water partition coefficient (Wildman–Crippen LogP) is 4.21. The minimum Gasteiger partial charge on any atom is -0.349 e. The average molecular weight is 437 g/mol. The van der Waals surface area contributed by atoms with Gasteiger partial charge in [0.1, 0.15) is 10.7 Å². The van der Waals surface area contributed by atoms with Gasteiger partial charge in [0.25, 0.3) is 11.8 Å². The molecule has 6 nitrogen and oxygen atoms in total. The lowest BCUT2D eigenvalue weighted by Gasteiger charge is -2.32. The summed E-state index contributed by atoms with van der Waals surface area (Å²) in [6, 6.07) is 7.69. The van der Waals surface area contributed by atoms with Crippen LogP contribution in [0.4, 0.5) is 0 Å². The molecule has 4 rings (SSSR count). The molecule has 0 spiro atoms. The molecule has 3 aromatic rings. The quantitative estimate of drug-likeness (QED) is 0.665. The zero-order valence-electron chi connectivity index (χ0n) is 18.5. The number of likely N-dealkylation sites (tertiary alicyclic amines) is 1. The molecule has 1 saturated heterocycles. The van der Waals surface area contributed by atoms with Crippen LogP contribution in [0.2, 0.25) is 0 Å². The molecule has 1 aliphatic heterocycles. The van der Waals surface area contributed by atoms with Crippen LogP contribution in [0.15, 0.2) is 24.3 Å². The fourth-order valence-corrected chi connectivity index (χ4v) is 5.44. The number of thiophene rings is 1. The molecule has 0 bridgehead atoms. The van der Waals surface area contributed by atoms with Gasteiger partial charge >= 0.3 is 0 Å². The molecule has 0 unspecified atom stereocenters. The van der Waals surface area contributed by atoms with Gasteiger partial charge in [0, 0.05) is 42.2 Å². The van der Waals surface area contributed by atoms with Gasteiger partial charge in [-0.1, -0.05) is 25.1 Å². The largest absolute Gasteiger partial charge is 0.349 e. The highest BCUT2D eigenvalue weighted by atomic mass is 32.1. The first-order chi connectivity index (χ1) is 14.9. The fourth-order valence-electron chi connectivity index (χ4n) is 4.22. The van der Waals surface area contributed by atoms with Crippen LogP contribution in [0.5, 0.6) is 0 Å². The number of hydrogen-bond acceptors (Lipinski definition) is 5. The lowest BCUT2D eigenvalue weighted by atomic mass is 10.0. The summed E-state index contributed by atoms with van der Waals surface area (Å²) in [5.74, 6) is 0.834. The van der Waals surface area contributed by atoms with Gasteiger partial charge in [-0.25, -0.2) is 9.97 Å². The summed E-state index contributed by atoms with van der Waals surface area (Å²) in [5, 5.41) is 4.14. The van der Waals surface area contributed by atoms with Crippen molar-refractivity contribution in [3.63, 3.8) is 0 Å². The van der Waals surface area contributed by atoms with E-state index in [0.717, 1.165) is 57.0 Å². The zero-order chi connectivity index (χ0) is 22.1. The summed E-state index contributed by atoms with van der Waals surface area (Å²) in [6.45, 7) is 9.23. The van der Waals surface area contributed by atoms with Gasteiger partial charge in [-0.05, 0) is 50.8 Å². The van der Waals surface area contributed by atoms with E-state index in [1.54, 1.807) is 0 Å². The Morgan fingerprint density at radius 3 is 2.52 bits per heavy atom. The maximum absolute atomic E-state index is 13.3. The highest BCUT2D eigenvalue weighted by Gasteiger charge is 2.28. The number of aromatic nitrogens is 2. The van der Waals surface area contributed by atoms with Crippen molar-refractivity contribution in [1.82, 2.24) is 20.2 Å². The van der Waals surface area contributed by atoms with Crippen LogP contribution >= 0.6 is 11.3 Å². The molecule has 1 N–H and O–H groups in total. The summed E-state index contributed by atoms with van der Waals surface area (Å²) in [4.78, 5) is 38.6. The van der Waals surface area contributed by atoms with Crippen LogP contribution in [0, 0.1) is 20.8 Å². The van der Waals surface area contributed by atoms with Crippen LogP contribution in [0.3, 0.4) is 0 Å². The van der Waals surface area contributed by atoms with Crippen molar-refractivity contribution in [2.75, 3.05) is 13.1 Å². The predicted molar refractivity (Wildman–Crippen MR) is 124 cm³/mol. The van der Waals surface area contributed by atoms with E-state index in [-0.39, 0.29) is 17.9 Å². The number of hydrogen-bond donors (Lipinski definition) is 1. The van der Waals surface area contributed by atoms with Crippen molar-refractivity contribution in [1.29, 1.82) is 0 Å². The van der Waals surface area contributed by atoms with Crippen LogP contribution in [-0.2, 0) is 6.42 Å². The Kier molecular flexibility index (Phi) is 6.05. The van der Waals surface area contributed by atoms with Crippen LogP contribution in [-0.4, -0.2) is 45.8 Å². The van der Waals surface area contributed by atoms with Crippen molar-refractivity contribution >= 4 is 33.4 Å². The topological polar surface area (TPSA) is 75.2 Å². The number of piperidine rings is 1. The summed E-state index contributed by atoms with van der Waals surface area (Å²) in [6.07, 6.45) is 2.29. The van der Waals surface area contributed by atoms with E-state index < -0.39 is 0 Å². The summed E-state index contributed by atoms with van der Waals surface area (Å²) in [5.41, 5.74) is 3.59. The van der Waals surface area contributed by atoms with E-state index in [4.69, 9.17) is 0 Å². The maximum Gasteiger partial charge on any atom is 0.264 e. The van der Waals surface area contributed by atoms with Crippen LogP contribution < -0.4 is 5.32 Å². The molecule has 0 atom stereocenters. The van der Waals surface area contributed by atoms with E-state index in [1.165, 1.54) is 11.3 Å². The van der Waals surface area contributed by atoms with Gasteiger partial charge < -0.3 is 10.2 Å². The number of nitrogens with one attached hydrogen (secondary N) is 1. The van der Waals surface area contributed by atoms with Crippen molar-refractivity contribution in [3.8, 4) is 0 Å². The molecule has 162 valence electrons. The standard InChI is InChI=1S/C24H28N4O2S/c1-5-19-25-16(4)20-15(3)21(31-23(20)27-19)24(30)28-12-10-17(11-13-28)26-22(29)18-9-7-6-8-14(18)2/h6-9,17H,5,10-13H2,1-4H3,(H,26,29). The van der Waals surface area contributed by atoms with Crippen molar-refractivity contribution in [2.24, 2.45) is 0 Å². The molecule has 7 heteroatoms. The Morgan fingerprint density at radius 2 is 1.84 bits per heavy atom. The Morgan fingerprint density at radius 1 is 1.13 bits per heavy atom. The average Bonchev–Trinajstić information content (AvgIpc) is 3.10. The van der Waals surface area contributed by atoms with Crippen LogP contribution in [0.25, 0.3) is 10.2 Å². The molecular weight excluding hydrogens is 408 g/mol. The molecule has 1 aliphatic rings. The third-order valence-corrected chi connectivity index (χ3v) is 7.21. The molecule has 0 saturated carbocycles. The number of fused-ring (bicyclic) bond motifs is 1. The fraction of sp³-hybridized carbons (Fsp3) is 0.417. The highest BCUT2D eigenvalue weighted by Crippen LogP contribution is 2.32. The number of nitrogens with zero attached hydrogens (tertiary/aromatic N) is 3. The second-order valence-corrected chi connectivity index (χ2v) is 9.17. The second kappa shape index (κ2) is 8.75. The molecular formula is C24H28N4O2S. The first-order valence-corrected chi connectivity index (χ1v) is 11.6. The molecule has 3 heterocycles. The molecule has 1 fully saturated rings. The second-order valence-electron chi connectivity index (χ2n) is 8.17. The SMILES string of the molecule is CCc1nc(C)c2c(C)c(C(=O)N3CCC(NC(=O)c4ccccc4C)CC3)sc2n1. The first kappa shape index (κ1) is 21.4. The minimum atomic E-state index is -0.0380. The van der Waals surface area contributed by atoms with Gasteiger partial charge in [0.2, 0.25) is 0 Å². The summed E-state index contributed by atoms with van der Waals surface area (Å²) < 4.78 is 0. The van der Waals surface area contributed by atoms with Gasteiger partial charge in [-0.15, -0.1) is 11.3 Å². The van der Waals surface area contributed by atoms with Gasteiger partial charge in [-0.2, -0.15) is 0 Å². The molecule has 1 aromatic carbocycles. The normalized spacial score (nSPS) is 14.8. The van der Waals surface area contributed by atoms with E-state index in [0.29, 0.717) is 18.7 Å². The van der Waals surface area contributed by atoms with Gasteiger partial charge in [0.05, 0.1) is 4.88 Å². The zero-order valence-corrected chi connectivity index (χ0v) is 19.3. The smallest absolute Gasteiger partial charge is 0.264 e. The number of benzene rings is 1. The number of aryl methyl sites for hydroxylation is 4. The first-order valence-electron chi connectivity index (χ1n) is 10.8. The van der Waals surface area contributed by atoms with E-state index in [1.807, 2.05) is 56.9 Å². The number of carbonyl (C=O) groups excluding carboxylic acids is 2. The van der Waals surface area contributed by atoms with E-state index in [9.17, 15) is 9.59 Å². The highest BCUT2D eigenvalue weighted by molar-refractivity contribution is 7.20. The molecule has 0 aliphatic carbocycles. The van der Waals surface area contributed by atoms with Crippen molar-refractivity contribution < 1.29 is 9.59 Å². The van der Waals surface area contributed by atoms with E-state index >= 15 is 0 Å². The number of carbonyl (C=O) groups is 2. The van der Waals surface area contributed by atoms with E-state index in [2.05, 4.69) is 15.3 Å². The molecule has 2 aromatic heterocycles.